The maximum Gasteiger partial charge on any atom is 0.374 e. The Balaban J connectivity index is 1.81. The molecule has 1 saturated carbocycles. The average Bonchev–Trinajstić information content (AvgIpc) is 2.81. The van der Waals surface area contributed by atoms with Gasteiger partial charge in [0.15, 0.2) is 0 Å². The number of fused-ring (bicyclic) bond motifs is 1. The van der Waals surface area contributed by atoms with Gasteiger partial charge in [-0.2, -0.15) is 0 Å². The third-order valence-electron chi connectivity index (χ3n) is 2.52. The lowest BCUT2D eigenvalue weighted by Crippen LogP contribution is -2.27. The Morgan fingerprint density at radius 3 is 2.69 bits per heavy atom. The Morgan fingerprint density at radius 2 is 2.08 bits per heavy atom. The SMILES string of the molecule is CC(=O)C(=O)O[C@H]1CC[C@H]2O[C@H]2C1. The van der Waals surface area contributed by atoms with Gasteiger partial charge in [0.25, 0.3) is 0 Å². The topological polar surface area (TPSA) is 55.9 Å². The van der Waals surface area contributed by atoms with Crippen molar-refractivity contribution in [3.8, 4) is 0 Å². The monoisotopic (exact) mass is 184 g/mol. The Bertz CT molecular complexity index is 248. The van der Waals surface area contributed by atoms with Gasteiger partial charge in [-0.15, -0.1) is 0 Å². The van der Waals surface area contributed by atoms with Crippen molar-refractivity contribution in [1.29, 1.82) is 0 Å². The summed E-state index contributed by atoms with van der Waals surface area (Å²) in [5.41, 5.74) is 0. The van der Waals surface area contributed by atoms with E-state index >= 15 is 0 Å². The van der Waals surface area contributed by atoms with E-state index in [2.05, 4.69) is 0 Å². The van der Waals surface area contributed by atoms with Crippen LogP contribution in [0.15, 0.2) is 0 Å². The number of Topliss-reactive ketones (excluding diaryl/α,β-unsaturated/α-hetero) is 1. The highest BCUT2D eigenvalue weighted by Gasteiger charge is 2.45. The Labute approximate surface area is 76.2 Å². The van der Waals surface area contributed by atoms with Gasteiger partial charge in [-0.3, -0.25) is 4.79 Å². The van der Waals surface area contributed by atoms with E-state index in [1.54, 1.807) is 0 Å². The molecule has 0 N–H and O–H groups in total. The number of ether oxygens (including phenoxy) is 2. The molecular formula is C9H12O4. The average molecular weight is 184 g/mol. The van der Waals surface area contributed by atoms with Crippen molar-refractivity contribution >= 4 is 11.8 Å². The van der Waals surface area contributed by atoms with Crippen molar-refractivity contribution < 1.29 is 19.1 Å². The molecule has 0 unspecified atom stereocenters. The van der Waals surface area contributed by atoms with Crippen molar-refractivity contribution in [2.75, 3.05) is 0 Å². The minimum absolute atomic E-state index is 0.111. The lowest BCUT2D eigenvalue weighted by atomic mass is 9.98. The number of ketones is 1. The van der Waals surface area contributed by atoms with Gasteiger partial charge in [0.1, 0.15) is 6.10 Å². The Hall–Kier alpha value is -0.900. The first-order valence-corrected chi connectivity index (χ1v) is 4.54. The van der Waals surface area contributed by atoms with E-state index in [-0.39, 0.29) is 12.2 Å². The van der Waals surface area contributed by atoms with Crippen LogP contribution in [-0.4, -0.2) is 30.1 Å². The molecular weight excluding hydrogens is 172 g/mol. The number of esters is 1. The van der Waals surface area contributed by atoms with E-state index in [0.717, 1.165) is 19.3 Å². The molecule has 1 aliphatic carbocycles. The molecule has 4 nitrogen and oxygen atoms in total. The van der Waals surface area contributed by atoms with E-state index < -0.39 is 11.8 Å². The molecule has 72 valence electrons. The second-order valence-corrected chi connectivity index (χ2v) is 3.61. The summed E-state index contributed by atoms with van der Waals surface area (Å²) in [6, 6.07) is 0. The molecule has 1 saturated heterocycles. The second-order valence-electron chi connectivity index (χ2n) is 3.61. The zero-order valence-electron chi connectivity index (χ0n) is 7.49. The molecule has 0 aromatic rings. The van der Waals surface area contributed by atoms with Crippen LogP contribution >= 0.6 is 0 Å². The minimum atomic E-state index is -0.718. The van der Waals surface area contributed by atoms with Crippen LogP contribution in [0.3, 0.4) is 0 Å². The van der Waals surface area contributed by atoms with E-state index in [1.165, 1.54) is 6.92 Å². The molecule has 2 rings (SSSR count). The van der Waals surface area contributed by atoms with Gasteiger partial charge < -0.3 is 9.47 Å². The van der Waals surface area contributed by atoms with E-state index in [9.17, 15) is 9.59 Å². The van der Waals surface area contributed by atoms with Gasteiger partial charge in [0.05, 0.1) is 12.2 Å². The summed E-state index contributed by atoms with van der Waals surface area (Å²) in [5.74, 6) is -1.25. The lowest BCUT2D eigenvalue weighted by molar-refractivity contribution is -0.157. The molecule has 1 heterocycles. The molecule has 0 radical (unpaired) electrons. The summed E-state index contributed by atoms with van der Waals surface area (Å²) >= 11 is 0. The quantitative estimate of drug-likeness (QED) is 0.355. The maximum atomic E-state index is 10.9. The molecule has 0 amide bonds. The number of carbonyl (C=O) groups excluding carboxylic acids is 2. The molecule has 0 spiro atoms. The van der Waals surface area contributed by atoms with Gasteiger partial charge in [-0.25, -0.2) is 4.79 Å². The van der Waals surface area contributed by atoms with Crippen LogP contribution in [0.2, 0.25) is 0 Å². The van der Waals surface area contributed by atoms with Crippen LogP contribution in [0, 0.1) is 0 Å². The minimum Gasteiger partial charge on any atom is -0.457 e. The van der Waals surface area contributed by atoms with Crippen LogP contribution in [0.5, 0.6) is 0 Å². The summed E-state index contributed by atoms with van der Waals surface area (Å²) in [5, 5.41) is 0. The molecule has 0 aromatic heterocycles. The molecule has 2 aliphatic rings. The smallest absolute Gasteiger partial charge is 0.374 e. The van der Waals surface area contributed by atoms with Crippen LogP contribution in [0.25, 0.3) is 0 Å². The summed E-state index contributed by atoms with van der Waals surface area (Å²) < 4.78 is 10.3. The Morgan fingerprint density at radius 1 is 1.31 bits per heavy atom. The number of epoxide rings is 1. The number of rotatable bonds is 2. The van der Waals surface area contributed by atoms with Crippen molar-refractivity contribution in [3.05, 3.63) is 0 Å². The molecule has 0 bridgehead atoms. The second kappa shape index (κ2) is 3.10. The highest BCUT2D eigenvalue weighted by atomic mass is 16.6. The normalized spacial score (nSPS) is 36.2. The van der Waals surface area contributed by atoms with Gasteiger partial charge in [-0.1, -0.05) is 0 Å². The van der Waals surface area contributed by atoms with Gasteiger partial charge in [-0.05, 0) is 12.8 Å². The predicted molar refractivity (Wildman–Crippen MR) is 43.1 cm³/mol. The number of hydrogen-bond acceptors (Lipinski definition) is 4. The van der Waals surface area contributed by atoms with Crippen molar-refractivity contribution in [3.63, 3.8) is 0 Å². The van der Waals surface area contributed by atoms with Crippen LogP contribution in [0.1, 0.15) is 26.2 Å². The largest absolute Gasteiger partial charge is 0.457 e. The molecule has 13 heavy (non-hydrogen) atoms. The molecule has 1 aliphatic heterocycles. The van der Waals surface area contributed by atoms with Crippen molar-refractivity contribution in [2.24, 2.45) is 0 Å². The number of carbonyl (C=O) groups is 2. The van der Waals surface area contributed by atoms with Gasteiger partial charge >= 0.3 is 5.97 Å². The molecule has 2 fully saturated rings. The van der Waals surface area contributed by atoms with Crippen LogP contribution in [0.4, 0.5) is 0 Å². The van der Waals surface area contributed by atoms with Gasteiger partial charge in [0.2, 0.25) is 5.78 Å². The zero-order chi connectivity index (χ0) is 9.42. The standard InChI is InChI=1S/C9H12O4/c1-5(10)9(11)12-6-2-3-7-8(4-6)13-7/h6-8H,2-4H2,1H3/t6-,7+,8-/m0/s1. The lowest BCUT2D eigenvalue weighted by Gasteiger charge is -2.18. The molecule has 0 aromatic carbocycles. The number of hydrogen-bond donors (Lipinski definition) is 0. The first-order chi connectivity index (χ1) is 6.16. The van der Waals surface area contributed by atoms with Crippen molar-refractivity contribution in [1.82, 2.24) is 0 Å². The van der Waals surface area contributed by atoms with Crippen LogP contribution < -0.4 is 0 Å². The van der Waals surface area contributed by atoms with Crippen LogP contribution in [-0.2, 0) is 19.1 Å². The van der Waals surface area contributed by atoms with Crippen molar-refractivity contribution in [2.45, 2.75) is 44.5 Å². The summed E-state index contributed by atoms with van der Waals surface area (Å²) in [6.07, 6.45) is 3.08. The first-order valence-electron chi connectivity index (χ1n) is 4.54. The van der Waals surface area contributed by atoms with E-state index in [0.29, 0.717) is 6.10 Å². The third kappa shape index (κ3) is 1.88. The highest BCUT2D eigenvalue weighted by Crippen LogP contribution is 2.37. The third-order valence-corrected chi connectivity index (χ3v) is 2.52. The summed E-state index contributed by atoms with van der Waals surface area (Å²) in [7, 11) is 0. The van der Waals surface area contributed by atoms with E-state index in [4.69, 9.17) is 9.47 Å². The highest BCUT2D eigenvalue weighted by molar-refractivity contribution is 6.32. The predicted octanol–water partition coefficient (Wildman–Crippen LogP) is 0.438. The fraction of sp³-hybridized carbons (Fsp3) is 0.778. The molecule has 4 heteroatoms. The fourth-order valence-electron chi connectivity index (χ4n) is 1.71. The summed E-state index contributed by atoms with van der Waals surface area (Å²) in [6.45, 7) is 1.22. The summed E-state index contributed by atoms with van der Waals surface area (Å²) in [4.78, 5) is 21.5. The Kier molecular flexibility index (Phi) is 2.07. The first kappa shape index (κ1) is 8.69. The zero-order valence-corrected chi connectivity index (χ0v) is 7.49. The van der Waals surface area contributed by atoms with E-state index in [1.807, 2.05) is 0 Å². The van der Waals surface area contributed by atoms with Gasteiger partial charge in [0, 0.05) is 13.3 Å². The fourth-order valence-corrected chi connectivity index (χ4v) is 1.71. The molecule has 3 atom stereocenters. The maximum absolute atomic E-state index is 10.9.